The van der Waals surface area contributed by atoms with E-state index in [0.717, 1.165) is 0 Å². The number of methoxy groups -OCH3 is 1. The molecule has 18 heavy (non-hydrogen) atoms. The van der Waals surface area contributed by atoms with Gasteiger partial charge in [0.05, 0.1) is 18.0 Å². The summed E-state index contributed by atoms with van der Waals surface area (Å²) < 4.78 is 5.14. The van der Waals surface area contributed by atoms with E-state index in [0.29, 0.717) is 28.9 Å². The minimum atomic E-state index is -0.110. The summed E-state index contributed by atoms with van der Waals surface area (Å²) in [7, 11) is 3.48. The first-order valence-corrected chi connectivity index (χ1v) is 5.88. The Morgan fingerprint density at radius 1 is 1.50 bits per heavy atom. The van der Waals surface area contributed by atoms with Crippen LogP contribution in [0.5, 0.6) is 5.75 Å². The van der Waals surface area contributed by atoms with E-state index >= 15 is 0 Å². The molecule has 0 aliphatic carbocycles. The van der Waals surface area contributed by atoms with E-state index in [1.54, 1.807) is 25.3 Å². The predicted molar refractivity (Wildman–Crippen MR) is 71.1 cm³/mol. The Morgan fingerprint density at radius 2 is 2.28 bits per heavy atom. The number of hydrogen-bond donors (Lipinski definition) is 2. The third-order valence-electron chi connectivity index (χ3n) is 2.96. The lowest BCUT2D eigenvalue weighted by Gasteiger charge is -2.09. The molecule has 96 valence electrons. The largest absolute Gasteiger partial charge is 0.497 e. The molecule has 0 aliphatic rings. The highest BCUT2D eigenvalue weighted by Gasteiger charge is 2.07. The van der Waals surface area contributed by atoms with Crippen LogP contribution in [0.15, 0.2) is 23.0 Å². The van der Waals surface area contributed by atoms with Gasteiger partial charge in [-0.15, -0.1) is 0 Å². The van der Waals surface area contributed by atoms with Crippen molar-refractivity contribution in [1.82, 2.24) is 15.3 Å². The second kappa shape index (κ2) is 5.18. The molecule has 2 aromatic rings. The summed E-state index contributed by atoms with van der Waals surface area (Å²) in [6.45, 7) is 2.04. The standard InChI is InChI=1S/C13H17N3O2/c1-8(14-2)6-12-15-11-7-9(18-3)4-5-10(11)13(17)16-12/h4-5,7-8,14H,6H2,1-3H3,(H,15,16,17). The molecule has 0 saturated heterocycles. The van der Waals surface area contributed by atoms with Crippen LogP contribution in [0.1, 0.15) is 12.7 Å². The van der Waals surface area contributed by atoms with Crippen molar-refractivity contribution in [3.63, 3.8) is 0 Å². The van der Waals surface area contributed by atoms with Crippen molar-refractivity contribution in [2.75, 3.05) is 14.2 Å². The Bertz CT molecular complexity index is 607. The van der Waals surface area contributed by atoms with Crippen molar-refractivity contribution in [3.8, 4) is 5.75 Å². The van der Waals surface area contributed by atoms with Crippen LogP contribution in [0, 0.1) is 0 Å². The van der Waals surface area contributed by atoms with Gasteiger partial charge in [-0.25, -0.2) is 4.98 Å². The van der Waals surface area contributed by atoms with E-state index in [2.05, 4.69) is 15.3 Å². The quantitative estimate of drug-likeness (QED) is 0.848. The molecule has 1 heterocycles. The van der Waals surface area contributed by atoms with Gasteiger partial charge in [0, 0.05) is 18.5 Å². The van der Waals surface area contributed by atoms with Crippen LogP contribution in [0.4, 0.5) is 0 Å². The van der Waals surface area contributed by atoms with Crippen molar-refractivity contribution in [2.24, 2.45) is 0 Å². The predicted octanol–water partition coefficient (Wildman–Crippen LogP) is 1.08. The van der Waals surface area contributed by atoms with E-state index in [4.69, 9.17) is 4.74 Å². The number of rotatable bonds is 4. The van der Waals surface area contributed by atoms with E-state index in [-0.39, 0.29) is 11.6 Å². The topological polar surface area (TPSA) is 67.0 Å². The third-order valence-corrected chi connectivity index (χ3v) is 2.96. The number of hydrogen-bond acceptors (Lipinski definition) is 4. The minimum Gasteiger partial charge on any atom is -0.497 e. The summed E-state index contributed by atoms with van der Waals surface area (Å²) in [4.78, 5) is 19.2. The number of fused-ring (bicyclic) bond motifs is 1. The van der Waals surface area contributed by atoms with Crippen molar-refractivity contribution >= 4 is 10.9 Å². The fourth-order valence-corrected chi connectivity index (χ4v) is 1.78. The fraction of sp³-hybridized carbons (Fsp3) is 0.385. The highest BCUT2D eigenvalue weighted by atomic mass is 16.5. The van der Waals surface area contributed by atoms with Crippen LogP contribution in [0.3, 0.4) is 0 Å². The molecule has 2 N–H and O–H groups in total. The average molecular weight is 247 g/mol. The van der Waals surface area contributed by atoms with Crippen molar-refractivity contribution < 1.29 is 4.74 Å². The van der Waals surface area contributed by atoms with Gasteiger partial charge in [0.1, 0.15) is 11.6 Å². The maximum absolute atomic E-state index is 11.9. The molecule has 5 heteroatoms. The molecule has 0 aliphatic heterocycles. The monoisotopic (exact) mass is 247 g/mol. The van der Waals surface area contributed by atoms with Gasteiger partial charge in [-0.2, -0.15) is 0 Å². The summed E-state index contributed by atoms with van der Waals surface area (Å²) in [5, 5.41) is 3.70. The molecule has 1 aromatic heterocycles. The van der Waals surface area contributed by atoms with Gasteiger partial charge in [0.15, 0.2) is 0 Å². The van der Waals surface area contributed by atoms with Gasteiger partial charge in [-0.1, -0.05) is 0 Å². The Labute approximate surface area is 105 Å². The molecular weight excluding hydrogens is 230 g/mol. The molecule has 0 spiro atoms. The maximum Gasteiger partial charge on any atom is 0.258 e. The summed E-state index contributed by atoms with van der Waals surface area (Å²) in [5.41, 5.74) is 0.553. The zero-order valence-electron chi connectivity index (χ0n) is 10.8. The number of H-pyrrole nitrogens is 1. The van der Waals surface area contributed by atoms with Gasteiger partial charge in [0.25, 0.3) is 5.56 Å². The molecule has 0 saturated carbocycles. The SMILES string of the molecule is CNC(C)Cc1nc2cc(OC)ccc2c(=O)[nH]1. The molecule has 0 amide bonds. The Kier molecular flexibility index (Phi) is 3.62. The number of aromatic amines is 1. The van der Waals surface area contributed by atoms with E-state index in [1.165, 1.54) is 0 Å². The van der Waals surface area contributed by atoms with Crippen molar-refractivity contribution in [3.05, 3.63) is 34.4 Å². The van der Waals surface area contributed by atoms with Gasteiger partial charge in [0.2, 0.25) is 0 Å². The minimum absolute atomic E-state index is 0.110. The van der Waals surface area contributed by atoms with E-state index in [1.807, 2.05) is 14.0 Å². The summed E-state index contributed by atoms with van der Waals surface area (Å²) in [5.74, 6) is 1.39. The first-order chi connectivity index (χ1) is 8.63. The molecular formula is C13H17N3O2. The smallest absolute Gasteiger partial charge is 0.258 e. The Balaban J connectivity index is 2.49. The lowest BCUT2D eigenvalue weighted by Crippen LogP contribution is -2.26. The number of ether oxygens (including phenoxy) is 1. The van der Waals surface area contributed by atoms with Crippen LogP contribution in [-0.2, 0) is 6.42 Å². The molecule has 0 radical (unpaired) electrons. The second-order valence-electron chi connectivity index (χ2n) is 4.29. The zero-order chi connectivity index (χ0) is 13.1. The zero-order valence-corrected chi connectivity index (χ0v) is 10.8. The van der Waals surface area contributed by atoms with Crippen molar-refractivity contribution in [1.29, 1.82) is 0 Å². The summed E-state index contributed by atoms with van der Waals surface area (Å²) in [6, 6.07) is 5.52. The number of aromatic nitrogens is 2. The number of nitrogens with one attached hydrogen (secondary N) is 2. The molecule has 1 unspecified atom stereocenters. The average Bonchev–Trinajstić information content (AvgIpc) is 2.37. The molecule has 1 aromatic carbocycles. The highest BCUT2D eigenvalue weighted by Crippen LogP contribution is 2.16. The van der Waals surface area contributed by atoms with Gasteiger partial charge < -0.3 is 15.0 Å². The van der Waals surface area contributed by atoms with Crippen LogP contribution < -0.4 is 15.6 Å². The van der Waals surface area contributed by atoms with Crippen LogP contribution in [0.25, 0.3) is 10.9 Å². The molecule has 0 bridgehead atoms. The van der Waals surface area contributed by atoms with E-state index < -0.39 is 0 Å². The highest BCUT2D eigenvalue weighted by molar-refractivity contribution is 5.78. The van der Waals surface area contributed by atoms with Crippen LogP contribution >= 0.6 is 0 Å². The molecule has 1 atom stereocenters. The number of benzene rings is 1. The van der Waals surface area contributed by atoms with Crippen molar-refractivity contribution in [2.45, 2.75) is 19.4 Å². The van der Waals surface area contributed by atoms with Crippen LogP contribution in [0.2, 0.25) is 0 Å². The van der Waals surface area contributed by atoms with Gasteiger partial charge >= 0.3 is 0 Å². The molecule has 2 rings (SSSR count). The van der Waals surface area contributed by atoms with E-state index in [9.17, 15) is 4.79 Å². The van der Waals surface area contributed by atoms with Crippen LogP contribution in [-0.4, -0.2) is 30.2 Å². The molecule has 0 fully saturated rings. The van der Waals surface area contributed by atoms with Gasteiger partial charge in [-0.05, 0) is 26.1 Å². The first-order valence-electron chi connectivity index (χ1n) is 5.88. The second-order valence-corrected chi connectivity index (χ2v) is 4.29. The first kappa shape index (κ1) is 12.6. The number of likely N-dealkylation sites (N-methyl/N-ethyl adjacent to an activating group) is 1. The summed E-state index contributed by atoms with van der Waals surface area (Å²) in [6.07, 6.45) is 0.679. The lowest BCUT2D eigenvalue weighted by atomic mass is 10.2. The van der Waals surface area contributed by atoms with Gasteiger partial charge in [-0.3, -0.25) is 4.79 Å². The normalized spacial score (nSPS) is 12.6. The fourth-order valence-electron chi connectivity index (χ4n) is 1.78. The lowest BCUT2D eigenvalue weighted by molar-refractivity contribution is 0.415. The Morgan fingerprint density at radius 3 is 2.94 bits per heavy atom. The molecule has 5 nitrogen and oxygen atoms in total. The number of nitrogens with zero attached hydrogens (tertiary/aromatic N) is 1. The summed E-state index contributed by atoms with van der Waals surface area (Å²) >= 11 is 0. The maximum atomic E-state index is 11.9. The third kappa shape index (κ3) is 2.51. The Hall–Kier alpha value is -1.88.